The fourth-order valence-electron chi connectivity index (χ4n) is 4.03. The molecule has 3 unspecified atom stereocenters. The average Bonchev–Trinajstić information content (AvgIpc) is 2.51. The summed E-state index contributed by atoms with van der Waals surface area (Å²) in [6.07, 6.45) is 7.48. The van der Waals surface area contributed by atoms with Gasteiger partial charge in [-0.1, -0.05) is 44.0 Å². The molecule has 1 aliphatic carbocycles. The zero-order chi connectivity index (χ0) is 14.7. The van der Waals surface area contributed by atoms with Crippen molar-refractivity contribution in [3.8, 4) is 0 Å². The molecule has 0 radical (unpaired) electrons. The number of rotatable bonds is 4. The first kappa shape index (κ1) is 14.8. The van der Waals surface area contributed by atoms with Gasteiger partial charge in [0.1, 0.15) is 5.78 Å². The minimum Gasteiger partial charge on any atom is -0.373 e. The second-order valence-corrected chi connectivity index (χ2v) is 6.64. The van der Waals surface area contributed by atoms with Crippen molar-refractivity contribution in [3.05, 3.63) is 35.4 Å². The van der Waals surface area contributed by atoms with Gasteiger partial charge in [-0.05, 0) is 42.7 Å². The number of carbonyl (C=O) groups is 1. The van der Waals surface area contributed by atoms with Gasteiger partial charge in [0, 0.05) is 12.3 Å². The van der Waals surface area contributed by atoms with E-state index >= 15 is 0 Å². The van der Waals surface area contributed by atoms with Crippen molar-refractivity contribution in [2.24, 2.45) is 11.8 Å². The van der Waals surface area contributed by atoms with Gasteiger partial charge >= 0.3 is 0 Å². The minimum atomic E-state index is 0.129. The van der Waals surface area contributed by atoms with Crippen molar-refractivity contribution in [1.29, 1.82) is 0 Å². The normalized spacial score (nSPS) is 29.2. The zero-order valence-corrected chi connectivity index (χ0v) is 13.0. The summed E-state index contributed by atoms with van der Waals surface area (Å²) in [7, 11) is 0. The van der Waals surface area contributed by atoms with Crippen LogP contribution in [0.3, 0.4) is 0 Å². The Labute approximate surface area is 127 Å². The maximum Gasteiger partial charge on any atom is 0.136 e. The quantitative estimate of drug-likeness (QED) is 0.816. The van der Waals surface area contributed by atoms with Crippen molar-refractivity contribution in [2.45, 2.75) is 58.0 Å². The summed E-state index contributed by atoms with van der Waals surface area (Å²) in [4.78, 5) is 12.3. The molecule has 0 saturated heterocycles. The molecule has 1 fully saturated rings. The average molecular weight is 286 g/mol. The van der Waals surface area contributed by atoms with E-state index in [0.717, 1.165) is 44.6 Å². The fourth-order valence-corrected chi connectivity index (χ4v) is 4.03. The SMILES string of the molecule is CCCC1CCC(=O)C(CC2OCCc3ccccc32)C1. The van der Waals surface area contributed by atoms with Crippen LogP contribution in [0, 0.1) is 11.8 Å². The molecule has 21 heavy (non-hydrogen) atoms. The van der Waals surface area contributed by atoms with E-state index in [1.54, 1.807) is 0 Å². The monoisotopic (exact) mass is 286 g/mol. The molecule has 1 aromatic rings. The van der Waals surface area contributed by atoms with Crippen LogP contribution in [-0.2, 0) is 16.0 Å². The number of fused-ring (bicyclic) bond motifs is 1. The Kier molecular flexibility index (Phi) is 4.74. The van der Waals surface area contributed by atoms with E-state index in [1.165, 1.54) is 24.0 Å². The molecular formula is C19H26O2. The van der Waals surface area contributed by atoms with E-state index in [2.05, 4.69) is 31.2 Å². The van der Waals surface area contributed by atoms with Crippen molar-refractivity contribution in [2.75, 3.05) is 6.61 Å². The van der Waals surface area contributed by atoms with Gasteiger partial charge in [0.2, 0.25) is 0 Å². The lowest BCUT2D eigenvalue weighted by Gasteiger charge is -2.33. The predicted octanol–water partition coefficient (Wildman–Crippen LogP) is 4.48. The first-order valence-electron chi connectivity index (χ1n) is 8.50. The van der Waals surface area contributed by atoms with Crippen LogP contribution >= 0.6 is 0 Å². The molecule has 1 aliphatic heterocycles. The molecule has 0 aromatic heterocycles. The van der Waals surface area contributed by atoms with E-state index in [4.69, 9.17) is 4.74 Å². The van der Waals surface area contributed by atoms with Crippen LogP contribution in [0.4, 0.5) is 0 Å². The van der Waals surface area contributed by atoms with Crippen molar-refractivity contribution >= 4 is 5.78 Å². The molecule has 3 atom stereocenters. The number of hydrogen-bond donors (Lipinski definition) is 0. The Morgan fingerprint density at radius 2 is 2.10 bits per heavy atom. The van der Waals surface area contributed by atoms with Crippen LogP contribution in [0.2, 0.25) is 0 Å². The minimum absolute atomic E-state index is 0.129. The van der Waals surface area contributed by atoms with E-state index in [1.807, 2.05) is 0 Å². The lowest BCUT2D eigenvalue weighted by Crippen LogP contribution is -2.28. The van der Waals surface area contributed by atoms with Crippen LogP contribution in [0.1, 0.15) is 62.7 Å². The topological polar surface area (TPSA) is 26.3 Å². The first-order valence-corrected chi connectivity index (χ1v) is 8.50. The standard InChI is InChI=1S/C19H26O2/c1-2-5-14-8-9-18(20)16(12-14)13-19-17-7-4-3-6-15(17)10-11-21-19/h3-4,6-7,14,16,19H,2,5,8-13H2,1H3. The highest BCUT2D eigenvalue weighted by Crippen LogP contribution is 2.38. The lowest BCUT2D eigenvalue weighted by molar-refractivity contribution is -0.127. The van der Waals surface area contributed by atoms with Crippen LogP contribution in [-0.4, -0.2) is 12.4 Å². The van der Waals surface area contributed by atoms with Crippen molar-refractivity contribution in [3.63, 3.8) is 0 Å². The molecule has 0 amide bonds. The van der Waals surface area contributed by atoms with Gasteiger partial charge in [-0.25, -0.2) is 0 Å². The van der Waals surface area contributed by atoms with Gasteiger partial charge in [-0.2, -0.15) is 0 Å². The number of ether oxygens (including phenoxy) is 1. The third-order valence-electron chi connectivity index (χ3n) is 5.16. The molecule has 1 heterocycles. The van der Waals surface area contributed by atoms with E-state index < -0.39 is 0 Å². The highest BCUT2D eigenvalue weighted by molar-refractivity contribution is 5.81. The summed E-state index contributed by atoms with van der Waals surface area (Å²) in [6, 6.07) is 8.57. The predicted molar refractivity (Wildman–Crippen MR) is 84.2 cm³/mol. The van der Waals surface area contributed by atoms with Gasteiger partial charge in [0.05, 0.1) is 12.7 Å². The highest BCUT2D eigenvalue weighted by Gasteiger charge is 2.32. The molecule has 2 aliphatic rings. The molecule has 2 heteroatoms. The summed E-state index contributed by atoms with van der Waals surface area (Å²) >= 11 is 0. The summed E-state index contributed by atoms with van der Waals surface area (Å²) < 4.78 is 6.00. The van der Waals surface area contributed by atoms with Gasteiger partial charge in [0.25, 0.3) is 0 Å². The maximum atomic E-state index is 12.3. The zero-order valence-electron chi connectivity index (χ0n) is 13.0. The number of benzene rings is 1. The smallest absolute Gasteiger partial charge is 0.136 e. The Bertz CT molecular complexity index is 494. The van der Waals surface area contributed by atoms with Crippen LogP contribution in [0.25, 0.3) is 0 Å². The third kappa shape index (κ3) is 3.37. The van der Waals surface area contributed by atoms with Gasteiger partial charge in [-0.3, -0.25) is 4.79 Å². The maximum absolute atomic E-state index is 12.3. The first-order chi connectivity index (χ1) is 10.3. The molecule has 1 aromatic carbocycles. The molecule has 3 rings (SSSR count). The summed E-state index contributed by atoms with van der Waals surface area (Å²) in [5.74, 6) is 1.43. The molecule has 114 valence electrons. The second kappa shape index (κ2) is 6.74. The van der Waals surface area contributed by atoms with Crippen LogP contribution in [0.5, 0.6) is 0 Å². The van der Waals surface area contributed by atoms with Gasteiger partial charge in [-0.15, -0.1) is 0 Å². The Morgan fingerprint density at radius 1 is 1.24 bits per heavy atom. The lowest BCUT2D eigenvalue weighted by atomic mass is 9.75. The molecule has 0 bridgehead atoms. The summed E-state index contributed by atoms with van der Waals surface area (Å²) in [5.41, 5.74) is 2.72. The molecular weight excluding hydrogens is 260 g/mol. The molecule has 2 nitrogen and oxygen atoms in total. The van der Waals surface area contributed by atoms with Gasteiger partial charge < -0.3 is 4.74 Å². The summed E-state index contributed by atoms with van der Waals surface area (Å²) in [5, 5.41) is 0. The Hall–Kier alpha value is -1.15. The second-order valence-electron chi connectivity index (χ2n) is 6.64. The van der Waals surface area contributed by atoms with E-state index in [9.17, 15) is 4.79 Å². The van der Waals surface area contributed by atoms with Gasteiger partial charge in [0.15, 0.2) is 0 Å². The molecule has 0 spiro atoms. The van der Waals surface area contributed by atoms with Crippen molar-refractivity contribution < 1.29 is 9.53 Å². The number of ketones is 1. The van der Waals surface area contributed by atoms with Crippen molar-refractivity contribution in [1.82, 2.24) is 0 Å². The molecule has 0 N–H and O–H groups in total. The molecule has 1 saturated carbocycles. The number of carbonyl (C=O) groups excluding carboxylic acids is 1. The van der Waals surface area contributed by atoms with E-state index in [0.29, 0.717) is 5.78 Å². The van der Waals surface area contributed by atoms with Crippen LogP contribution in [0.15, 0.2) is 24.3 Å². The number of Topliss-reactive ketones (excluding diaryl/α,β-unsaturated/α-hetero) is 1. The van der Waals surface area contributed by atoms with E-state index in [-0.39, 0.29) is 12.0 Å². The summed E-state index contributed by atoms with van der Waals surface area (Å²) in [6.45, 7) is 3.03. The number of hydrogen-bond acceptors (Lipinski definition) is 2. The fraction of sp³-hybridized carbons (Fsp3) is 0.632. The third-order valence-corrected chi connectivity index (χ3v) is 5.16. The Balaban J connectivity index is 1.70. The largest absolute Gasteiger partial charge is 0.373 e. The highest BCUT2D eigenvalue weighted by atomic mass is 16.5. The van der Waals surface area contributed by atoms with Crippen LogP contribution < -0.4 is 0 Å². The Morgan fingerprint density at radius 3 is 2.95 bits per heavy atom.